The lowest BCUT2D eigenvalue weighted by molar-refractivity contribution is 0.176. The Bertz CT molecular complexity index is 343. The van der Waals surface area contributed by atoms with Crippen LogP contribution in [0, 0.1) is 0 Å². The lowest BCUT2D eigenvalue weighted by atomic mass is 10.1. The number of nitrogens with one attached hydrogen (secondary N) is 1. The zero-order valence-electron chi connectivity index (χ0n) is 10.6. The highest BCUT2D eigenvalue weighted by atomic mass is 16.3. The van der Waals surface area contributed by atoms with Crippen molar-refractivity contribution < 1.29 is 5.11 Å². The van der Waals surface area contributed by atoms with Crippen molar-refractivity contribution in [3.63, 3.8) is 0 Å². The van der Waals surface area contributed by atoms with Gasteiger partial charge in [0.05, 0.1) is 6.10 Å². The van der Waals surface area contributed by atoms with Crippen LogP contribution in [-0.4, -0.2) is 27.7 Å². The van der Waals surface area contributed by atoms with Gasteiger partial charge in [0.2, 0.25) is 0 Å². The molecule has 0 aliphatic heterocycles. The maximum Gasteiger partial charge on any atom is 0.134 e. The van der Waals surface area contributed by atoms with Gasteiger partial charge in [-0.3, -0.25) is 0 Å². The summed E-state index contributed by atoms with van der Waals surface area (Å²) in [7, 11) is 0. The topological polar surface area (TPSA) is 84.1 Å². The Balaban J connectivity index is 2.66. The molecule has 0 radical (unpaired) electrons. The molecule has 1 atom stereocenters. The lowest BCUT2D eigenvalue weighted by Gasteiger charge is -2.14. The average molecular weight is 238 g/mol. The van der Waals surface area contributed by atoms with Gasteiger partial charge >= 0.3 is 0 Å². The minimum absolute atomic E-state index is 0.342. The fourth-order valence-electron chi connectivity index (χ4n) is 1.72. The maximum atomic E-state index is 9.66. The standard InChI is InChI=1S/C12H22N4O/c1-3-5-9(17)7-14-12-10(6-4-2)11(13)15-8-16-12/h8-9,17H,3-7H2,1-2H3,(H3,13,14,15,16). The van der Waals surface area contributed by atoms with Gasteiger partial charge in [0, 0.05) is 12.1 Å². The van der Waals surface area contributed by atoms with Crippen LogP contribution in [0.5, 0.6) is 0 Å². The Morgan fingerprint density at radius 3 is 2.76 bits per heavy atom. The number of nitrogens with two attached hydrogens (primary N) is 1. The molecule has 0 aliphatic rings. The molecule has 4 N–H and O–H groups in total. The quantitative estimate of drug-likeness (QED) is 0.671. The van der Waals surface area contributed by atoms with Crippen molar-refractivity contribution in [2.75, 3.05) is 17.6 Å². The minimum atomic E-state index is -0.342. The molecule has 0 saturated heterocycles. The predicted molar refractivity (Wildman–Crippen MR) is 69.8 cm³/mol. The molecule has 0 fully saturated rings. The number of nitrogen functional groups attached to an aromatic ring is 1. The van der Waals surface area contributed by atoms with Crippen molar-refractivity contribution in [3.8, 4) is 0 Å². The molecule has 17 heavy (non-hydrogen) atoms. The molecule has 0 amide bonds. The molecule has 0 spiro atoms. The van der Waals surface area contributed by atoms with E-state index < -0.39 is 0 Å². The van der Waals surface area contributed by atoms with Gasteiger partial charge in [0.25, 0.3) is 0 Å². The van der Waals surface area contributed by atoms with Crippen LogP contribution in [0.2, 0.25) is 0 Å². The van der Waals surface area contributed by atoms with Crippen LogP contribution in [0.4, 0.5) is 11.6 Å². The Morgan fingerprint density at radius 2 is 2.12 bits per heavy atom. The second kappa shape index (κ2) is 7.06. The summed E-state index contributed by atoms with van der Waals surface area (Å²) in [6.45, 7) is 4.64. The van der Waals surface area contributed by atoms with Crippen molar-refractivity contribution in [3.05, 3.63) is 11.9 Å². The van der Waals surface area contributed by atoms with Crippen LogP contribution < -0.4 is 11.1 Å². The molecule has 1 aromatic rings. The lowest BCUT2D eigenvalue weighted by Crippen LogP contribution is -2.20. The molecule has 5 heteroatoms. The van der Waals surface area contributed by atoms with Gasteiger partial charge in [-0.2, -0.15) is 0 Å². The van der Waals surface area contributed by atoms with Crippen molar-refractivity contribution in [1.82, 2.24) is 9.97 Å². The molecule has 1 aromatic heterocycles. The molecule has 1 rings (SSSR count). The normalized spacial score (nSPS) is 12.4. The highest BCUT2D eigenvalue weighted by Crippen LogP contribution is 2.18. The van der Waals surface area contributed by atoms with E-state index in [1.54, 1.807) is 0 Å². The first-order chi connectivity index (χ1) is 8.19. The molecule has 0 aliphatic carbocycles. The Kier molecular flexibility index (Phi) is 5.69. The summed E-state index contributed by atoms with van der Waals surface area (Å²) in [5.41, 5.74) is 6.76. The first-order valence-electron chi connectivity index (χ1n) is 6.20. The highest BCUT2D eigenvalue weighted by Gasteiger charge is 2.09. The number of rotatable bonds is 7. The number of aliphatic hydroxyl groups excluding tert-OH is 1. The van der Waals surface area contributed by atoms with Crippen LogP contribution >= 0.6 is 0 Å². The van der Waals surface area contributed by atoms with Gasteiger partial charge in [-0.05, 0) is 12.8 Å². The van der Waals surface area contributed by atoms with Gasteiger partial charge in [-0.15, -0.1) is 0 Å². The van der Waals surface area contributed by atoms with E-state index in [9.17, 15) is 5.11 Å². The summed E-state index contributed by atoms with van der Waals surface area (Å²) in [4.78, 5) is 8.16. The van der Waals surface area contributed by atoms with E-state index >= 15 is 0 Å². The Morgan fingerprint density at radius 1 is 1.35 bits per heavy atom. The first-order valence-corrected chi connectivity index (χ1v) is 6.20. The van der Waals surface area contributed by atoms with Gasteiger partial charge in [0.15, 0.2) is 0 Å². The summed E-state index contributed by atoms with van der Waals surface area (Å²) >= 11 is 0. The molecule has 5 nitrogen and oxygen atoms in total. The van der Waals surface area contributed by atoms with Crippen molar-refractivity contribution in [2.45, 2.75) is 45.6 Å². The van der Waals surface area contributed by atoms with E-state index in [1.165, 1.54) is 6.33 Å². The maximum absolute atomic E-state index is 9.66. The van der Waals surface area contributed by atoms with E-state index in [1.807, 2.05) is 0 Å². The SMILES string of the molecule is CCCc1c(N)ncnc1NCC(O)CCC. The summed E-state index contributed by atoms with van der Waals surface area (Å²) in [6, 6.07) is 0. The zero-order valence-corrected chi connectivity index (χ0v) is 10.6. The van der Waals surface area contributed by atoms with Crippen LogP contribution in [0.1, 0.15) is 38.7 Å². The second-order valence-electron chi connectivity index (χ2n) is 4.16. The van der Waals surface area contributed by atoms with E-state index in [0.717, 1.165) is 37.1 Å². The molecule has 1 unspecified atom stereocenters. The molecule has 1 heterocycles. The van der Waals surface area contributed by atoms with E-state index in [4.69, 9.17) is 5.73 Å². The van der Waals surface area contributed by atoms with Crippen LogP contribution in [0.15, 0.2) is 6.33 Å². The van der Waals surface area contributed by atoms with Crippen LogP contribution in [-0.2, 0) is 6.42 Å². The fourth-order valence-corrected chi connectivity index (χ4v) is 1.72. The molecule has 96 valence electrons. The fraction of sp³-hybridized carbons (Fsp3) is 0.667. The third-order valence-corrected chi connectivity index (χ3v) is 2.61. The van der Waals surface area contributed by atoms with E-state index in [2.05, 4.69) is 29.1 Å². The summed E-state index contributed by atoms with van der Waals surface area (Å²) < 4.78 is 0. The molecular weight excluding hydrogens is 216 g/mol. The largest absolute Gasteiger partial charge is 0.391 e. The van der Waals surface area contributed by atoms with Gasteiger partial charge < -0.3 is 16.2 Å². The molecule has 0 bridgehead atoms. The monoisotopic (exact) mass is 238 g/mol. The third-order valence-electron chi connectivity index (χ3n) is 2.61. The molecule has 0 saturated carbocycles. The number of nitrogens with zero attached hydrogens (tertiary/aromatic N) is 2. The third kappa shape index (κ3) is 4.19. The molecule has 0 aromatic carbocycles. The first kappa shape index (κ1) is 13.7. The molecular formula is C12H22N4O. The number of aromatic nitrogens is 2. The number of hydrogen-bond donors (Lipinski definition) is 3. The predicted octanol–water partition coefficient (Wildman–Crippen LogP) is 1.58. The van der Waals surface area contributed by atoms with Crippen molar-refractivity contribution in [2.24, 2.45) is 0 Å². The summed E-state index contributed by atoms with van der Waals surface area (Å²) in [5, 5.41) is 12.8. The second-order valence-corrected chi connectivity index (χ2v) is 4.16. The Hall–Kier alpha value is -1.36. The van der Waals surface area contributed by atoms with Gasteiger partial charge in [-0.25, -0.2) is 9.97 Å². The zero-order chi connectivity index (χ0) is 12.7. The van der Waals surface area contributed by atoms with Crippen molar-refractivity contribution in [1.29, 1.82) is 0 Å². The van der Waals surface area contributed by atoms with E-state index in [0.29, 0.717) is 12.4 Å². The van der Waals surface area contributed by atoms with E-state index in [-0.39, 0.29) is 6.10 Å². The van der Waals surface area contributed by atoms with Crippen LogP contribution in [0.3, 0.4) is 0 Å². The van der Waals surface area contributed by atoms with Gasteiger partial charge in [0.1, 0.15) is 18.0 Å². The Labute approximate surface area is 102 Å². The van der Waals surface area contributed by atoms with Gasteiger partial charge in [-0.1, -0.05) is 26.7 Å². The summed E-state index contributed by atoms with van der Waals surface area (Å²) in [5.74, 6) is 1.27. The number of hydrogen-bond acceptors (Lipinski definition) is 5. The number of aliphatic hydroxyl groups is 1. The average Bonchev–Trinajstić information content (AvgIpc) is 2.30. The van der Waals surface area contributed by atoms with Crippen LogP contribution in [0.25, 0.3) is 0 Å². The summed E-state index contributed by atoms with van der Waals surface area (Å²) in [6.07, 6.45) is 4.70. The smallest absolute Gasteiger partial charge is 0.134 e. The minimum Gasteiger partial charge on any atom is -0.391 e. The highest BCUT2D eigenvalue weighted by molar-refractivity contribution is 5.54. The number of anilines is 2. The van der Waals surface area contributed by atoms with Crippen molar-refractivity contribution >= 4 is 11.6 Å².